The van der Waals surface area contributed by atoms with E-state index in [1.165, 1.54) is 16.3 Å². The molecule has 0 aliphatic rings. The molecule has 0 radical (unpaired) electrons. The molecule has 0 atom stereocenters. The summed E-state index contributed by atoms with van der Waals surface area (Å²) in [6.45, 7) is 7.83. The minimum absolute atomic E-state index is 0.151. The third-order valence-electron chi connectivity index (χ3n) is 6.57. The molecule has 194 valence electrons. The number of hydrogen-bond donors (Lipinski definition) is 1. The molecule has 0 saturated carbocycles. The summed E-state index contributed by atoms with van der Waals surface area (Å²) in [5.74, 6) is -0.346. The van der Waals surface area contributed by atoms with Gasteiger partial charge in [0.15, 0.2) is 5.65 Å². The van der Waals surface area contributed by atoms with Gasteiger partial charge in [-0.2, -0.15) is 10.2 Å². The molecule has 1 N–H and O–H groups in total. The SMILES string of the molecule is Cc1cccc(Cn2nc(C)c(NC(=O)Cn3nc(C)c4c(C(F)F)cc(-c5ccccc5)nc43)c2C)c1. The Balaban J connectivity index is 1.44. The summed E-state index contributed by atoms with van der Waals surface area (Å²) in [5, 5.41) is 12.2. The topological polar surface area (TPSA) is 77.6 Å². The van der Waals surface area contributed by atoms with Crippen LogP contribution in [-0.2, 0) is 17.9 Å². The van der Waals surface area contributed by atoms with Gasteiger partial charge in [0.25, 0.3) is 6.43 Å². The lowest BCUT2D eigenvalue weighted by Gasteiger charge is -2.10. The molecule has 1 amide bonds. The van der Waals surface area contributed by atoms with E-state index in [1.807, 2.05) is 74.0 Å². The number of carbonyl (C=O) groups is 1. The van der Waals surface area contributed by atoms with E-state index in [1.54, 1.807) is 6.92 Å². The zero-order chi connectivity index (χ0) is 27.0. The number of pyridine rings is 1. The van der Waals surface area contributed by atoms with E-state index in [0.29, 0.717) is 34.9 Å². The summed E-state index contributed by atoms with van der Waals surface area (Å²) in [6.07, 6.45) is -2.71. The standard InChI is InChI=1S/C29H28F2N6O/c1-17-9-8-10-21(13-17)15-36-20(4)27(19(3)35-36)33-25(38)16-37-29-26(18(2)34-37)23(28(30)31)14-24(32-29)22-11-6-5-7-12-22/h5-14,28H,15-16H2,1-4H3,(H,33,38). The summed E-state index contributed by atoms with van der Waals surface area (Å²) in [6, 6.07) is 18.7. The fourth-order valence-corrected chi connectivity index (χ4v) is 4.76. The lowest BCUT2D eigenvalue weighted by molar-refractivity contribution is -0.116. The Morgan fingerprint density at radius 1 is 0.921 bits per heavy atom. The number of nitrogens with zero attached hydrogens (tertiary/aromatic N) is 5. The molecule has 2 aromatic carbocycles. The van der Waals surface area contributed by atoms with Gasteiger partial charge in [-0.05, 0) is 39.3 Å². The largest absolute Gasteiger partial charge is 0.321 e. The van der Waals surface area contributed by atoms with E-state index in [9.17, 15) is 13.6 Å². The number of carbonyl (C=O) groups excluding carboxylic acids is 1. The average Bonchev–Trinajstić information content (AvgIpc) is 3.34. The van der Waals surface area contributed by atoms with Crippen molar-refractivity contribution in [1.29, 1.82) is 0 Å². The highest BCUT2D eigenvalue weighted by molar-refractivity contribution is 5.93. The van der Waals surface area contributed by atoms with Crippen molar-refractivity contribution in [2.45, 2.75) is 47.2 Å². The second kappa shape index (κ2) is 10.2. The monoisotopic (exact) mass is 514 g/mol. The van der Waals surface area contributed by atoms with Crippen molar-refractivity contribution in [3.05, 3.63) is 94.4 Å². The van der Waals surface area contributed by atoms with E-state index in [2.05, 4.69) is 26.6 Å². The Morgan fingerprint density at radius 2 is 1.66 bits per heavy atom. The lowest BCUT2D eigenvalue weighted by atomic mass is 10.1. The molecule has 0 saturated heterocycles. The zero-order valence-electron chi connectivity index (χ0n) is 21.7. The molecule has 5 aromatic rings. The summed E-state index contributed by atoms with van der Waals surface area (Å²) in [4.78, 5) is 17.8. The van der Waals surface area contributed by atoms with Gasteiger partial charge in [-0.3, -0.25) is 9.48 Å². The van der Waals surface area contributed by atoms with E-state index in [-0.39, 0.29) is 29.0 Å². The fraction of sp³-hybridized carbons (Fsp3) is 0.241. The van der Waals surface area contributed by atoms with Gasteiger partial charge in [0.05, 0.1) is 40.4 Å². The third-order valence-corrected chi connectivity index (χ3v) is 6.57. The Bertz CT molecular complexity index is 1640. The number of alkyl halides is 2. The molecule has 9 heteroatoms. The first-order valence-corrected chi connectivity index (χ1v) is 12.3. The molecule has 0 bridgehead atoms. The van der Waals surface area contributed by atoms with E-state index in [0.717, 1.165) is 11.3 Å². The third kappa shape index (κ3) is 4.91. The van der Waals surface area contributed by atoms with Crippen LogP contribution >= 0.6 is 0 Å². The molecule has 0 spiro atoms. The van der Waals surface area contributed by atoms with Crippen LogP contribution in [0.5, 0.6) is 0 Å². The van der Waals surface area contributed by atoms with Gasteiger partial charge in [0.2, 0.25) is 5.91 Å². The van der Waals surface area contributed by atoms with Gasteiger partial charge >= 0.3 is 0 Å². The predicted molar refractivity (Wildman–Crippen MR) is 143 cm³/mol. The number of fused-ring (bicyclic) bond motifs is 1. The normalized spacial score (nSPS) is 11.4. The van der Waals surface area contributed by atoms with Crippen molar-refractivity contribution in [2.24, 2.45) is 0 Å². The predicted octanol–water partition coefficient (Wildman–Crippen LogP) is 6.15. The van der Waals surface area contributed by atoms with Crippen molar-refractivity contribution in [1.82, 2.24) is 24.5 Å². The van der Waals surface area contributed by atoms with Gasteiger partial charge in [-0.15, -0.1) is 0 Å². The van der Waals surface area contributed by atoms with Gasteiger partial charge < -0.3 is 5.32 Å². The minimum atomic E-state index is -2.71. The van der Waals surface area contributed by atoms with Gasteiger partial charge in [-0.1, -0.05) is 60.2 Å². The first-order valence-electron chi connectivity index (χ1n) is 12.3. The van der Waals surface area contributed by atoms with Crippen LogP contribution in [0.25, 0.3) is 22.3 Å². The first-order chi connectivity index (χ1) is 18.2. The molecule has 3 heterocycles. The number of aromatic nitrogens is 5. The van der Waals surface area contributed by atoms with Crippen LogP contribution < -0.4 is 5.32 Å². The molecule has 0 unspecified atom stereocenters. The number of anilines is 1. The highest BCUT2D eigenvalue weighted by Crippen LogP contribution is 2.33. The Labute approximate surface area is 219 Å². The Kier molecular flexibility index (Phi) is 6.75. The van der Waals surface area contributed by atoms with Crippen LogP contribution in [0.4, 0.5) is 14.5 Å². The van der Waals surface area contributed by atoms with Crippen molar-refractivity contribution in [3.8, 4) is 11.3 Å². The van der Waals surface area contributed by atoms with Crippen LogP contribution in [0.15, 0.2) is 60.7 Å². The average molecular weight is 515 g/mol. The van der Waals surface area contributed by atoms with Crippen molar-refractivity contribution >= 4 is 22.6 Å². The van der Waals surface area contributed by atoms with Crippen molar-refractivity contribution in [3.63, 3.8) is 0 Å². The molecule has 5 rings (SSSR count). The van der Waals surface area contributed by atoms with Crippen LogP contribution in [0.1, 0.15) is 40.2 Å². The number of rotatable bonds is 7. The second-order valence-corrected chi connectivity index (χ2v) is 9.45. The number of hydrogen-bond acceptors (Lipinski definition) is 4. The molecule has 3 aromatic heterocycles. The molecular formula is C29H28F2N6O. The Hall–Kier alpha value is -4.40. The summed E-state index contributed by atoms with van der Waals surface area (Å²) >= 11 is 0. The van der Waals surface area contributed by atoms with E-state index in [4.69, 9.17) is 0 Å². The maximum Gasteiger partial charge on any atom is 0.264 e. The van der Waals surface area contributed by atoms with E-state index < -0.39 is 6.43 Å². The van der Waals surface area contributed by atoms with E-state index >= 15 is 0 Å². The molecule has 7 nitrogen and oxygen atoms in total. The number of amides is 1. The van der Waals surface area contributed by atoms with Crippen LogP contribution in [0.2, 0.25) is 0 Å². The van der Waals surface area contributed by atoms with Crippen molar-refractivity contribution in [2.75, 3.05) is 5.32 Å². The first kappa shape index (κ1) is 25.3. The fourth-order valence-electron chi connectivity index (χ4n) is 4.76. The number of benzene rings is 2. The Morgan fingerprint density at radius 3 is 2.37 bits per heavy atom. The van der Waals surface area contributed by atoms with Crippen LogP contribution in [0, 0.1) is 27.7 Å². The summed E-state index contributed by atoms with van der Waals surface area (Å²) < 4.78 is 31.3. The van der Waals surface area contributed by atoms with Crippen LogP contribution in [0.3, 0.4) is 0 Å². The number of nitrogens with one attached hydrogen (secondary N) is 1. The van der Waals surface area contributed by atoms with Gasteiger partial charge in [0, 0.05) is 11.1 Å². The maximum atomic E-state index is 14.0. The lowest BCUT2D eigenvalue weighted by Crippen LogP contribution is -2.20. The second-order valence-electron chi connectivity index (χ2n) is 9.45. The van der Waals surface area contributed by atoms with Crippen molar-refractivity contribution < 1.29 is 13.6 Å². The van der Waals surface area contributed by atoms with Crippen LogP contribution in [-0.4, -0.2) is 30.5 Å². The molecule has 0 aliphatic heterocycles. The quantitative estimate of drug-likeness (QED) is 0.282. The van der Waals surface area contributed by atoms with Gasteiger partial charge in [-0.25, -0.2) is 18.4 Å². The maximum absolute atomic E-state index is 14.0. The summed E-state index contributed by atoms with van der Waals surface area (Å²) in [7, 11) is 0. The molecule has 38 heavy (non-hydrogen) atoms. The molecule has 0 fully saturated rings. The number of aryl methyl sites for hydroxylation is 3. The molecule has 0 aliphatic carbocycles. The highest BCUT2D eigenvalue weighted by Gasteiger charge is 2.23. The van der Waals surface area contributed by atoms with Gasteiger partial charge in [0.1, 0.15) is 6.54 Å². The molecular weight excluding hydrogens is 486 g/mol. The summed E-state index contributed by atoms with van der Waals surface area (Å²) in [5.41, 5.74) is 6.02. The zero-order valence-corrected chi connectivity index (χ0v) is 21.7. The minimum Gasteiger partial charge on any atom is -0.321 e. The number of halogens is 2. The highest BCUT2D eigenvalue weighted by atomic mass is 19.3. The smallest absolute Gasteiger partial charge is 0.264 e.